The molecule has 1 aromatic heterocycles. The fraction of sp³-hybridized carbons (Fsp3) is 0.286. The van der Waals surface area contributed by atoms with E-state index in [1.165, 1.54) is 11.1 Å². The highest BCUT2D eigenvalue weighted by Crippen LogP contribution is 2.30. The third-order valence-electron chi connectivity index (χ3n) is 5.22. The van der Waals surface area contributed by atoms with Crippen molar-refractivity contribution < 1.29 is 4.79 Å². The molecule has 0 bridgehead atoms. The minimum absolute atomic E-state index is 0.201. The largest absolute Gasteiger partial charge is 0.354 e. The molecule has 0 fully saturated rings. The third-order valence-corrected chi connectivity index (χ3v) is 5.22. The van der Waals surface area contributed by atoms with Gasteiger partial charge in [0.2, 0.25) is 5.91 Å². The summed E-state index contributed by atoms with van der Waals surface area (Å²) >= 11 is 0. The van der Waals surface area contributed by atoms with Gasteiger partial charge in [-0.3, -0.25) is 19.5 Å². The highest BCUT2D eigenvalue weighted by atomic mass is 16.2. The lowest BCUT2D eigenvalue weighted by Gasteiger charge is -2.25. The summed E-state index contributed by atoms with van der Waals surface area (Å²) in [6.45, 7) is 0.329. The Bertz CT molecular complexity index is 1110. The molecule has 27 heavy (non-hydrogen) atoms. The first-order valence-electron chi connectivity index (χ1n) is 9.20. The van der Waals surface area contributed by atoms with Crippen LogP contribution in [0.3, 0.4) is 0 Å². The van der Waals surface area contributed by atoms with Gasteiger partial charge in [-0.2, -0.15) is 0 Å². The number of aryl methyl sites for hydroxylation is 1. The van der Waals surface area contributed by atoms with Crippen molar-refractivity contribution in [2.45, 2.75) is 31.7 Å². The van der Waals surface area contributed by atoms with Crippen molar-refractivity contribution in [1.82, 2.24) is 15.1 Å². The first kappa shape index (κ1) is 17.3. The fourth-order valence-electron chi connectivity index (χ4n) is 3.86. The van der Waals surface area contributed by atoms with Crippen LogP contribution in [0, 0.1) is 0 Å². The van der Waals surface area contributed by atoms with Crippen molar-refractivity contribution in [2.24, 2.45) is 0 Å². The maximum Gasteiger partial charge on any atom is 0.273 e. The first-order valence-corrected chi connectivity index (χ1v) is 9.20. The predicted molar refractivity (Wildman–Crippen MR) is 104 cm³/mol. The molecule has 0 aliphatic heterocycles. The van der Waals surface area contributed by atoms with Gasteiger partial charge in [0.05, 0.1) is 10.8 Å². The summed E-state index contributed by atoms with van der Waals surface area (Å²) in [5.74, 6) is -0.00244. The summed E-state index contributed by atoms with van der Waals surface area (Å²) < 4.78 is 1.08. The van der Waals surface area contributed by atoms with Crippen molar-refractivity contribution in [2.75, 3.05) is 6.54 Å². The molecule has 1 unspecified atom stereocenters. The van der Waals surface area contributed by atoms with E-state index in [2.05, 4.69) is 22.5 Å². The Morgan fingerprint density at radius 1 is 1.07 bits per heavy atom. The van der Waals surface area contributed by atoms with Gasteiger partial charge in [0.1, 0.15) is 6.54 Å². The van der Waals surface area contributed by atoms with E-state index < -0.39 is 0 Å². The van der Waals surface area contributed by atoms with E-state index in [9.17, 15) is 14.4 Å². The third kappa shape index (κ3) is 3.43. The SMILES string of the molecule is O=C(Cn1[nH]c(=O)c2ccccc2c1=O)NCC1CCCc2ccccc21. The molecule has 2 N–H and O–H groups in total. The van der Waals surface area contributed by atoms with E-state index in [1.54, 1.807) is 24.3 Å². The number of rotatable bonds is 4. The summed E-state index contributed by atoms with van der Waals surface area (Å²) in [7, 11) is 0. The first-order chi connectivity index (χ1) is 13.1. The van der Waals surface area contributed by atoms with Crippen LogP contribution in [-0.4, -0.2) is 22.2 Å². The molecule has 1 heterocycles. The molecular weight excluding hydrogens is 342 g/mol. The second-order valence-corrected chi connectivity index (χ2v) is 6.97. The Morgan fingerprint density at radius 3 is 2.67 bits per heavy atom. The van der Waals surface area contributed by atoms with Crippen molar-refractivity contribution in [1.29, 1.82) is 0 Å². The van der Waals surface area contributed by atoms with Crippen LogP contribution >= 0.6 is 0 Å². The zero-order valence-electron chi connectivity index (χ0n) is 14.9. The van der Waals surface area contributed by atoms with Crippen LogP contribution < -0.4 is 16.4 Å². The molecule has 138 valence electrons. The van der Waals surface area contributed by atoms with Gasteiger partial charge in [-0.25, -0.2) is 4.68 Å². The van der Waals surface area contributed by atoms with Gasteiger partial charge in [-0.15, -0.1) is 0 Å². The molecule has 1 amide bonds. The number of amides is 1. The minimum atomic E-state index is -0.376. The summed E-state index contributed by atoms with van der Waals surface area (Å²) in [6, 6.07) is 14.9. The quantitative estimate of drug-likeness (QED) is 0.743. The van der Waals surface area contributed by atoms with E-state index in [-0.39, 0.29) is 29.5 Å². The Kier molecular flexibility index (Phi) is 4.62. The number of nitrogens with one attached hydrogen (secondary N) is 2. The molecule has 0 radical (unpaired) electrons. The van der Waals surface area contributed by atoms with Crippen LogP contribution in [0.2, 0.25) is 0 Å². The molecule has 4 rings (SSSR count). The zero-order valence-corrected chi connectivity index (χ0v) is 14.9. The van der Waals surface area contributed by atoms with Crippen LogP contribution in [0.5, 0.6) is 0 Å². The van der Waals surface area contributed by atoms with E-state index >= 15 is 0 Å². The number of nitrogens with zero attached hydrogens (tertiary/aromatic N) is 1. The van der Waals surface area contributed by atoms with Gasteiger partial charge in [0, 0.05) is 12.5 Å². The molecule has 1 aliphatic rings. The van der Waals surface area contributed by atoms with E-state index in [4.69, 9.17) is 0 Å². The summed E-state index contributed by atoms with van der Waals surface area (Å²) in [5.41, 5.74) is 1.89. The number of aromatic amines is 1. The van der Waals surface area contributed by atoms with Crippen molar-refractivity contribution in [3.63, 3.8) is 0 Å². The summed E-state index contributed by atoms with van der Waals surface area (Å²) in [6.07, 6.45) is 3.22. The second kappa shape index (κ2) is 7.23. The lowest BCUT2D eigenvalue weighted by Crippen LogP contribution is -2.38. The Balaban J connectivity index is 1.48. The number of fused-ring (bicyclic) bond motifs is 2. The van der Waals surface area contributed by atoms with Gasteiger partial charge in [-0.05, 0) is 42.5 Å². The number of aromatic nitrogens is 2. The summed E-state index contributed by atoms with van der Waals surface area (Å²) in [5, 5.41) is 6.05. The van der Waals surface area contributed by atoms with Crippen LogP contribution in [0.1, 0.15) is 29.9 Å². The molecule has 3 aromatic rings. The molecule has 6 heteroatoms. The smallest absolute Gasteiger partial charge is 0.273 e. The number of carbonyl (C=O) groups is 1. The van der Waals surface area contributed by atoms with Gasteiger partial charge >= 0.3 is 0 Å². The highest BCUT2D eigenvalue weighted by molar-refractivity contribution is 5.81. The Labute approximate surface area is 155 Å². The molecule has 6 nitrogen and oxygen atoms in total. The van der Waals surface area contributed by atoms with Crippen LogP contribution in [-0.2, 0) is 17.8 Å². The Morgan fingerprint density at radius 2 is 1.81 bits per heavy atom. The highest BCUT2D eigenvalue weighted by Gasteiger charge is 2.20. The summed E-state index contributed by atoms with van der Waals surface area (Å²) in [4.78, 5) is 37.0. The molecule has 0 saturated carbocycles. The average molecular weight is 363 g/mol. The van der Waals surface area contributed by atoms with Gasteiger partial charge < -0.3 is 5.32 Å². The predicted octanol–water partition coefficient (Wildman–Crippen LogP) is 1.93. The lowest BCUT2D eigenvalue weighted by atomic mass is 9.83. The van der Waals surface area contributed by atoms with Crippen LogP contribution in [0.15, 0.2) is 58.1 Å². The molecule has 2 aromatic carbocycles. The molecule has 1 atom stereocenters. The van der Waals surface area contributed by atoms with Crippen molar-refractivity contribution >= 4 is 16.7 Å². The lowest BCUT2D eigenvalue weighted by molar-refractivity contribution is -0.122. The number of carbonyl (C=O) groups excluding carboxylic acids is 1. The van der Waals surface area contributed by atoms with Crippen molar-refractivity contribution in [3.05, 3.63) is 80.4 Å². The number of benzene rings is 2. The molecule has 1 aliphatic carbocycles. The number of H-pyrrole nitrogens is 1. The molecular formula is C21H21N3O3. The van der Waals surface area contributed by atoms with Crippen molar-refractivity contribution in [3.8, 4) is 0 Å². The van der Waals surface area contributed by atoms with Gasteiger partial charge in [0.15, 0.2) is 0 Å². The topological polar surface area (TPSA) is 84.0 Å². The number of hydrogen-bond donors (Lipinski definition) is 2. The van der Waals surface area contributed by atoms with E-state index in [0.717, 1.165) is 23.9 Å². The molecule has 0 saturated heterocycles. The minimum Gasteiger partial charge on any atom is -0.354 e. The van der Waals surface area contributed by atoms with Gasteiger partial charge in [0.25, 0.3) is 11.1 Å². The van der Waals surface area contributed by atoms with E-state index in [0.29, 0.717) is 17.3 Å². The maximum absolute atomic E-state index is 12.5. The maximum atomic E-state index is 12.5. The average Bonchev–Trinajstić information content (AvgIpc) is 2.70. The standard InChI is InChI=1S/C21H21N3O3/c25-19(22-12-15-8-5-7-14-6-1-2-9-16(14)15)13-24-21(27)18-11-4-3-10-17(18)20(26)23-24/h1-4,6,9-11,15H,5,7-8,12-13H2,(H,22,25)(H,23,26). The monoisotopic (exact) mass is 363 g/mol. The van der Waals surface area contributed by atoms with E-state index in [1.807, 2.05) is 12.1 Å². The molecule has 0 spiro atoms. The Hall–Kier alpha value is -3.15. The normalized spacial score (nSPS) is 16.1. The van der Waals surface area contributed by atoms with Gasteiger partial charge in [-0.1, -0.05) is 36.4 Å². The zero-order chi connectivity index (χ0) is 18.8. The second-order valence-electron chi connectivity index (χ2n) is 6.97. The van der Waals surface area contributed by atoms with Crippen LogP contribution in [0.25, 0.3) is 10.8 Å². The van der Waals surface area contributed by atoms with Crippen LogP contribution in [0.4, 0.5) is 0 Å². The fourth-order valence-corrected chi connectivity index (χ4v) is 3.86. The number of hydrogen-bond acceptors (Lipinski definition) is 3.